The van der Waals surface area contributed by atoms with E-state index < -0.39 is 0 Å². The van der Waals surface area contributed by atoms with Crippen LogP contribution in [-0.2, 0) is 4.74 Å². The molecule has 1 aliphatic carbocycles. The predicted molar refractivity (Wildman–Crippen MR) is 58.6 cm³/mol. The summed E-state index contributed by atoms with van der Waals surface area (Å²) in [6, 6.07) is 9.42. The average molecular weight is 235 g/mol. The van der Waals surface area contributed by atoms with Crippen molar-refractivity contribution in [2.75, 3.05) is 6.61 Å². The van der Waals surface area contributed by atoms with E-state index in [2.05, 4.69) is 6.07 Å². The molecule has 1 aromatic rings. The van der Waals surface area contributed by atoms with Crippen LogP contribution in [0.5, 0.6) is 0 Å². The number of benzene rings is 1. The minimum absolute atomic E-state index is 0. The van der Waals surface area contributed by atoms with Crippen molar-refractivity contribution in [1.82, 2.24) is 0 Å². The number of ether oxygens (including phenoxy) is 1. The maximum Gasteiger partial charge on any atom is 1.00 e. The zero-order valence-electron chi connectivity index (χ0n) is 9.86. The summed E-state index contributed by atoms with van der Waals surface area (Å²) >= 11 is 0. The standard InChI is InChI=1S/C13H11NO2.Na/c1-2-16-13(15)12-7-9(8-14)10-5-3-4-6-11(10)12;/h3-7,15H,2H2,1H3;/q;+1/p-1/b13-12+;. The first-order chi connectivity index (χ1) is 7.77. The van der Waals surface area contributed by atoms with E-state index in [-0.39, 0.29) is 35.5 Å². The SMILES string of the molecule is CCO/C([O-])=C1\C=C(C#N)c2ccccc21.[Na+]. The quantitative estimate of drug-likeness (QED) is 0.472. The van der Waals surface area contributed by atoms with Gasteiger partial charge in [-0.05, 0) is 18.2 Å². The first kappa shape index (κ1) is 13.9. The molecule has 2 rings (SSSR count). The number of nitrogens with zero attached hydrogens (tertiary/aromatic N) is 1. The van der Waals surface area contributed by atoms with Crippen LogP contribution >= 0.6 is 0 Å². The molecule has 0 unspecified atom stereocenters. The van der Waals surface area contributed by atoms with Gasteiger partial charge in [0.25, 0.3) is 0 Å². The molecule has 0 aromatic heterocycles. The molecule has 0 bridgehead atoms. The van der Waals surface area contributed by atoms with E-state index in [4.69, 9.17) is 10.00 Å². The van der Waals surface area contributed by atoms with E-state index in [0.29, 0.717) is 17.8 Å². The van der Waals surface area contributed by atoms with Crippen molar-refractivity contribution >= 4 is 11.1 Å². The molecule has 1 aliphatic rings. The predicted octanol–water partition coefficient (Wildman–Crippen LogP) is -1.32. The topological polar surface area (TPSA) is 56.1 Å². The summed E-state index contributed by atoms with van der Waals surface area (Å²) in [6.45, 7) is 2.09. The molecule has 0 atom stereocenters. The fourth-order valence-electron chi connectivity index (χ4n) is 1.72. The van der Waals surface area contributed by atoms with Crippen LogP contribution in [-0.4, -0.2) is 6.61 Å². The van der Waals surface area contributed by atoms with Gasteiger partial charge < -0.3 is 9.84 Å². The van der Waals surface area contributed by atoms with Gasteiger partial charge in [0.05, 0.1) is 17.6 Å². The van der Waals surface area contributed by atoms with Gasteiger partial charge in [0.2, 0.25) is 0 Å². The molecule has 1 aromatic carbocycles. The minimum atomic E-state index is -0.375. The molecular formula is C13H10NNaO2. The molecule has 0 fully saturated rings. The van der Waals surface area contributed by atoms with Crippen LogP contribution in [0.4, 0.5) is 0 Å². The summed E-state index contributed by atoms with van der Waals surface area (Å²) in [7, 11) is 0. The molecule has 0 amide bonds. The van der Waals surface area contributed by atoms with E-state index in [1.807, 2.05) is 24.3 Å². The largest absolute Gasteiger partial charge is 1.00 e. The molecule has 0 N–H and O–H groups in total. The molecule has 3 nitrogen and oxygen atoms in total. The van der Waals surface area contributed by atoms with E-state index >= 15 is 0 Å². The van der Waals surface area contributed by atoms with E-state index in [1.165, 1.54) is 0 Å². The van der Waals surface area contributed by atoms with E-state index in [9.17, 15) is 5.11 Å². The molecule has 0 spiro atoms. The van der Waals surface area contributed by atoms with Crippen LogP contribution in [0.2, 0.25) is 0 Å². The molecule has 0 radical (unpaired) electrons. The van der Waals surface area contributed by atoms with Crippen LogP contribution in [0, 0.1) is 11.3 Å². The summed E-state index contributed by atoms with van der Waals surface area (Å²) in [5, 5.41) is 20.6. The van der Waals surface area contributed by atoms with Gasteiger partial charge in [-0.15, -0.1) is 0 Å². The minimum Gasteiger partial charge on any atom is -0.613 e. The average Bonchev–Trinajstić information content (AvgIpc) is 2.68. The molecule has 80 valence electrons. The number of rotatable bonds is 2. The summed E-state index contributed by atoms with van der Waals surface area (Å²) in [4.78, 5) is 0. The fraction of sp³-hybridized carbons (Fsp3) is 0.154. The van der Waals surface area contributed by atoms with Gasteiger partial charge in [-0.1, -0.05) is 31.2 Å². The third-order valence-corrected chi connectivity index (χ3v) is 2.41. The van der Waals surface area contributed by atoms with Crippen LogP contribution in [0.3, 0.4) is 0 Å². The molecule has 0 saturated heterocycles. The third-order valence-electron chi connectivity index (χ3n) is 2.41. The Morgan fingerprint density at radius 3 is 2.59 bits per heavy atom. The van der Waals surface area contributed by atoms with Crippen molar-refractivity contribution in [2.24, 2.45) is 0 Å². The Balaban J connectivity index is 0.00000144. The first-order valence-corrected chi connectivity index (χ1v) is 5.03. The Hall–Kier alpha value is -1.21. The molecular weight excluding hydrogens is 225 g/mol. The maximum atomic E-state index is 11.7. The summed E-state index contributed by atoms with van der Waals surface area (Å²) in [6.07, 6.45) is 1.59. The van der Waals surface area contributed by atoms with Crippen molar-refractivity contribution in [3.8, 4) is 6.07 Å². The summed E-state index contributed by atoms with van der Waals surface area (Å²) in [5.74, 6) is -0.375. The Morgan fingerprint density at radius 2 is 2.00 bits per heavy atom. The van der Waals surface area contributed by atoms with Gasteiger partial charge in [0.15, 0.2) is 0 Å². The third kappa shape index (κ3) is 2.55. The second-order valence-corrected chi connectivity index (χ2v) is 3.35. The number of allylic oxidation sites excluding steroid dienone is 3. The van der Waals surface area contributed by atoms with Crippen molar-refractivity contribution < 1.29 is 39.4 Å². The van der Waals surface area contributed by atoms with Gasteiger partial charge in [-0.2, -0.15) is 5.26 Å². The van der Waals surface area contributed by atoms with Crippen molar-refractivity contribution in [3.63, 3.8) is 0 Å². The molecule has 17 heavy (non-hydrogen) atoms. The van der Waals surface area contributed by atoms with Gasteiger partial charge >= 0.3 is 29.6 Å². The second-order valence-electron chi connectivity index (χ2n) is 3.35. The monoisotopic (exact) mass is 235 g/mol. The first-order valence-electron chi connectivity index (χ1n) is 5.03. The Kier molecular flexibility index (Phi) is 4.83. The zero-order valence-corrected chi connectivity index (χ0v) is 11.9. The smallest absolute Gasteiger partial charge is 0.613 e. The molecule has 0 saturated carbocycles. The number of hydrogen-bond donors (Lipinski definition) is 0. The number of hydrogen-bond acceptors (Lipinski definition) is 3. The Morgan fingerprint density at radius 1 is 1.35 bits per heavy atom. The number of fused-ring (bicyclic) bond motifs is 1. The molecule has 0 heterocycles. The Labute approximate surface area is 122 Å². The van der Waals surface area contributed by atoms with Gasteiger partial charge in [0, 0.05) is 11.1 Å². The second kappa shape index (κ2) is 5.92. The van der Waals surface area contributed by atoms with Crippen LogP contribution in [0.25, 0.3) is 11.1 Å². The van der Waals surface area contributed by atoms with Crippen molar-refractivity contribution in [3.05, 3.63) is 47.4 Å². The van der Waals surface area contributed by atoms with E-state index in [1.54, 1.807) is 13.0 Å². The van der Waals surface area contributed by atoms with E-state index in [0.717, 1.165) is 11.1 Å². The van der Waals surface area contributed by atoms with Crippen molar-refractivity contribution in [2.45, 2.75) is 6.92 Å². The molecule has 0 aliphatic heterocycles. The van der Waals surface area contributed by atoms with Crippen LogP contribution in [0.1, 0.15) is 18.1 Å². The fourth-order valence-corrected chi connectivity index (χ4v) is 1.72. The van der Waals surface area contributed by atoms with Crippen LogP contribution < -0.4 is 34.7 Å². The molecule has 4 heteroatoms. The number of nitriles is 1. The zero-order chi connectivity index (χ0) is 11.5. The van der Waals surface area contributed by atoms with Gasteiger partial charge in [0.1, 0.15) is 0 Å². The Bertz CT molecular complexity index is 526. The normalized spacial score (nSPS) is 15.2. The van der Waals surface area contributed by atoms with Gasteiger partial charge in [-0.3, -0.25) is 0 Å². The van der Waals surface area contributed by atoms with Gasteiger partial charge in [-0.25, -0.2) is 0 Å². The van der Waals surface area contributed by atoms with Crippen LogP contribution in [0.15, 0.2) is 36.3 Å². The maximum absolute atomic E-state index is 11.7. The summed E-state index contributed by atoms with van der Waals surface area (Å²) < 4.78 is 4.95. The van der Waals surface area contributed by atoms with Crippen molar-refractivity contribution in [1.29, 1.82) is 5.26 Å². The summed E-state index contributed by atoms with van der Waals surface area (Å²) in [5.41, 5.74) is 2.55.